The van der Waals surface area contributed by atoms with Gasteiger partial charge < -0.3 is 14.7 Å². The van der Waals surface area contributed by atoms with Crippen LogP contribution in [0.2, 0.25) is 0 Å². The normalized spacial score (nSPS) is 18.8. The van der Waals surface area contributed by atoms with E-state index in [1.807, 2.05) is 28.5 Å². The number of thiophene rings is 1. The van der Waals surface area contributed by atoms with Crippen LogP contribution in [0.1, 0.15) is 25.0 Å². The third kappa shape index (κ3) is 4.44. The second-order valence-corrected chi connectivity index (χ2v) is 8.89. The van der Waals surface area contributed by atoms with E-state index in [2.05, 4.69) is 10.5 Å². The van der Waals surface area contributed by atoms with Crippen LogP contribution in [-0.4, -0.2) is 47.9 Å². The van der Waals surface area contributed by atoms with E-state index in [1.54, 1.807) is 23.1 Å². The molecule has 2 aliphatic heterocycles. The third-order valence-corrected chi connectivity index (χ3v) is 7.14. The Hall–Kier alpha value is -1.02. The lowest BCUT2D eigenvalue weighted by Crippen LogP contribution is -2.44. The molecule has 0 bridgehead atoms. The maximum atomic E-state index is 12.4. The molecule has 5 nitrogen and oxygen atoms in total. The molecule has 1 N–H and O–H groups in total. The van der Waals surface area contributed by atoms with Crippen molar-refractivity contribution in [3.05, 3.63) is 29.3 Å². The highest BCUT2D eigenvalue weighted by atomic mass is 35.5. The standard InChI is InChI=1S/C18H23N3O2S2.ClH/c22-17(21-7-4-18(5-8-21)3-6-19-13-18)12-24-11-14-10-15(23-20-14)16-2-1-9-25-16;/h1-2,9-10,19H,3-8,11-13H2;1H. The Morgan fingerprint density at radius 3 is 2.92 bits per heavy atom. The zero-order valence-electron chi connectivity index (χ0n) is 14.6. The lowest BCUT2D eigenvalue weighted by atomic mass is 9.78. The van der Waals surface area contributed by atoms with Crippen LogP contribution in [0.3, 0.4) is 0 Å². The topological polar surface area (TPSA) is 58.4 Å². The molecule has 0 radical (unpaired) electrons. The smallest absolute Gasteiger partial charge is 0.232 e. The summed E-state index contributed by atoms with van der Waals surface area (Å²) in [5.41, 5.74) is 1.36. The number of aromatic nitrogens is 1. The molecule has 2 aromatic rings. The zero-order chi connectivity index (χ0) is 17.1. The van der Waals surface area contributed by atoms with E-state index in [0.717, 1.165) is 55.4 Å². The lowest BCUT2D eigenvalue weighted by molar-refractivity contribution is -0.130. The molecule has 2 aromatic heterocycles. The van der Waals surface area contributed by atoms with Crippen LogP contribution in [0, 0.1) is 5.41 Å². The number of nitrogens with one attached hydrogen (secondary N) is 1. The van der Waals surface area contributed by atoms with Gasteiger partial charge in [-0.15, -0.1) is 35.5 Å². The van der Waals surface area contributed by atoms with Gasteiger partial charge in [0.25, 0.3) is 0 Å². The van der Waals surface area contributed by atoms with E-state index in [-0.39, 0.29) is 18.3 Å². The molecular formula is C18H24ClN3O2S2. The molecule has 26 heavy (non-hydrogen) atoms. The van der Waals surface area contributed by atoms with Crippen molar-refractivity contribution in [3.63, 3.8) is 0 Å². The minimum absolute atomic E-state index is 0. The summed E-state index contributed by atoms with van der Waals surface area (Å²) in [4.78, 5) is 15.6. The molecular weight excluding hydrogens is 390 g/mol. The van der Waals surface area contributed by atoms with Crippen LogP contribution in [0.15, 0.2) is 28.1 Å². The van der Waals surface area contributed by atoms with Crippen LogP contribution in [0.25, 0.3) is 10.6 Å². The van der Waals surface area contributed by atoms with Crippen molar-refractivity contribution >= 4 is 41.4 Å². The van der Waals surface area contributed by atoms with Gasteiger partial charge in [0.15, 0.2) is 5.76 Å². The summed E-state index contributed by atoms with van der Waals surface area (Å²) in [5.74, 6) is 2.30. The summed E-state index contributed by atoms with van der Waals surface area (Å²) >= 11 is 3.26. The van der Waals surface area contributed by atoms with Crippen molar-refractivity contribution in [1.29, 1.82) is 0 Å². The van der Waals surface area contributed by atoms with Gasteiger partial charge in [-0.25, -0.2) is 0 Å². The Morgan fingerprint density at radius 1 is 1.38 bits per heavy atom. The van der Waals surface area contributed by atoms with Crippen LogP contribution < -0.4 is 5.32 Å². The maximum absolute atomic E-state index is 12.4. The molecule has 0 saturated carbocycles. The fourth-order valence-electron chi connectivity index (χ4n) is 3.70. The van der Waals surface area contributed by atoms with Crippen molar-refractivity contribution in [2.45, 2.75) is 25.0 Å². The number of hydrogen-bond acceptors (Lipinski definition) is 6. The fraction of sp³-hybridized carbons (Fsp3) is 0.556. The number of nitrogens with zero attached hydrogens (tertiary/aromatic N) is 2. The van der Waals surface area contributed by atoms with E-state index in [9.17, 15) is 4.79 Å². The quantitative estimate of drug-likeness (QED) is 0.810. The Kier molecular flexibility index (Phi) is 6.66. The first-order valence-electron chi connectivity index (χ1n) is 8.80. The average molecular weight is 414 g/mol. The van der Waals surface area contributed by atoms with Gasteiger partial charge in [0.2, 0.25) is 5.91 Å². The highest BCUT2D eigenvalue weighted by Crippen LogP contribution is 2.37. The highest BCUT2D eigenvalue weighted by molar-refractivity contribution is 7.99. The number of likely N-dealkylation sites (tertiary alicyclic amines) is 1. The first-order valence-corrected chi connectivity index (χ1v) is 10.8. The van der Waals surface area contributed by atoms with Gasteiger partial charge in [-0.2, -0.15) is 0 Å². The number of amides is 1. The molecule has 2 aliphatic rings. The van der Waals surface area contributed by atoms with Crippen molar-refractivity contribution in [2.75, 3.05) is 31.9 Å². The zero-order valence-corrected chi connectivity index (χ0v) is 17.1. The van der Waals surface area contributed by atoms with E-state index < -0.39 is 0 Å². The minimum atomic E-state index is 0. The monoisotopic (exact) mass is 413 g/mol. The summed E-state index contributed by atoms with van der Waals surface area (Å²) in [7, 11) is 0. The minimum Gasteiger partial charge on any atom is -0.355 e. The number of thioether (sulfide) groups is 1. The molecule has 2 saturated heterocycles. The van der Waals surface area contributed by atoms with Crippen molar-refractivity contribution in [3.8, 4) is 10.6 Å². The molecule has 0 aliphatic carbocycles. The molecule has 142 valence electrons. The molecule has 8 heteroatoms. The molecule has 4 heterocycles. The van der Waals surface area contributed by atoms with Crippen LogP contribution in [0.5, 0.6) is 0 Å². The Morgan fingerprint density at radius 2 is 2.23 bits per heavy atom. The van der Waals surface area contributed by atoms with Crippen LogP contribution in [0.4, 0.5) is 0 Å². The van der Waals surface area contributed by atoms with E-state index >= 15 is 0 Å². The summed E-state index contributed by atoms with van der Waals surface area (Å²) in [6.07, 6.45) is 3.55. The SMILES string of the molecule is Cl.O=C(CSCc1cc(-c2cccs2)on1)N1CCC2(CCNC2)CC1. The molecule has 0 atom stereocenters. The lowest BCUT2D eigenvalue weighted by Gasteiger charge is -2.38. The van der Waals surface area contributed by atoms with E-state index in [0.29, 0.717) is 16.9 Å². The number of carbonyl (C=O) groups excluding carboxylic acids is 1. The molecule has 1 spiro atoms. The first-order chi connectivity index (χ1) is 12.2. The number of hydrogen-bond donors (Lipinski definition) is 1. The Bertz CT molecular complexity index is 704. The van der Waals surface area contributed by atoms with Gasteiger partial charge in [0, 0.05) is 31.5 Å². The van der Waals surface area contributed by atoms with Gasteiger partial charge in [-0.1, -0.05) is 11.2 Å². The van der Waals surface area contributed by atoms with Crippen molar-refractivity contribution < 1.29 is 9.32 Å². The van der Waals surface area contributed by atoms with Gasteiger partial charge in [0.1, 0.15) is 0 Å². The number of carbonyl (C=O) groups is 1. The van der Waals surface area contributed by atoms with Gasteiger partial charge in [-0.3, -0.25) is 4.79 Å². The third-order valence-electron chi connectivity index (χ3n) is 5.31. The molecule has 2 fully saturated rings. The Balaban J connectivity index is 0.00000196. The summed E-state index contributed by atoms with van der Waals surface area (Å²) in [6, 6.07) is 6.00. The molecule has 1 amide bonds. The second kappa shape index (κ2) is 8.78. The Labute approximate surface area is 168 Å². The largest absolute Gasteiger partial charge is 0.355 e. The average Bonchev–Trinajstić information content (AvgIpc) is 3.37. The van der Waals surface area contributed by atoms with E-state index in [4.69, 9.17) is 4.52 Å². The van der Waals surface area contributed by atoms with Gasteiger partial charge in [-0.05, 0) is 42.7 Å². The second-order valence-electron chi connectivity index (χ2n) is 6.96. The fourth-order valence-corrected chi connectivity index (χ4v) is 5.18. The molecule has 4 rings (SSSR count). The number of halogens is 1. The molecule has 0 unspecified atom stereocenters. The maximum Gasteiger partial charge on any atom is 0.232 e. The van der Waals surface area contributed by atoms with Gasteiger partial charge >= 0.3 is 0 Å². The summed E-state index contributed by atoms with van der Waals surface area (Å²) in [6.45, 7) is 4.08. The van der Waals surface area contributed by atoms with Crippen LogP contribution in [-0.2, 0) is 10.5 Å². The predicted octanol–water partition coefficient (Wildman–Crippen LogP) is 3.66. The highest BCUT2D eigenvalue weighted by Gasteiger charge is 2.37. The van der Waals surface area contributed by atoms with E-state index in [1.165, 1.54) is 6.42 Å². The van der Waals surface area contributed by atoms with Crippen LogP contribution >= 0.6 is 35.5 Å². The first kappa shape index (κ1) is 19.7. The molecule has 0 aromatic carbocycles. The van der Waals surface area contributed by atoms with Crippen molar-refractivity contribution in [2.24, 2.45) is 5.41 Å². The number of piperidine rings is 1. The summed E-state index contributed by atoms with van der Waals surface area (Å²) < 4.78 is 5.38. The van der Waals surface area contributed by atoms with Crippen molar-refractivity contribution in [1.82, 2.24) is 15.4 Å². The summed E-state index contributed by atoms with van der Waals surface area (Å²) in [5, 5.41) is 9.60. The van der Waals surface area contributed by atoms with Gasteiger partial charge in [0.05, 0.1) is 16.3 Å². The predicted molar refractivity (Wildman–Crippen MR) is 109 cm³/mol. The number of rotatable bonds is 5.